The number of carbonyl (C=O) groups excluding carboxylic acids is 6. The standard InChI is InChI=1S/C95H129N19O17/c1-57-15-11-10-12-16-58(2)76(124-7)47-70-23-18-62(6)95(123,131-70)85(118)89(120)113-27-14-13-17-73(113)90(121)128-78(48-77(125-8)59(3)42-61(5)83(116)84(117)82(115)60(4)41-57)71(96)44-63-20-24-75(79(45-63)126-9)130-94(122)103-51-65-49-99-92(100-50-65)110-33-29-108(30-34-110)37-39-127-40-38-109-31-35-111(36-32-109)93-101-52-69(53-102-93)88(119)112-28-26-66-43-64(19-21-68(66)55-112)54-114-87-80(86(97)104-56-105-87)81(107-114)67-22-25-74-72(46-67)106-91(98)129-74/h10-12,15-16,19,21-22,25,42-43,46,49-50,52-53,56-57,59-60,62-63,70-71,73,75-79,83-84,116-117,123H,13-14,17-18,20,23-24,26-41,44-45,47-48,51,54-55,96H2,1-9H3,(H2,98,106)(H,103,122)(H2,97,104,105)/b12-10+,15-11+,58-16+,61-42+/t57-,59-,60-,62-,63+,70+,71-,73+,75-,76+,77-,78+,79-,83-,84+,95-/m1/s1. The maximum Gasteiger partial charge on any atom is 0.407 e. The lowest BCUT2D eigenvalue weighted by molar-refractivity contribution is -0.265. The van der Waals surface area contributed by atoms with Crippen LogP contribution < -0.4 is 32.3 Å². The van der Waals surface area contributed by atoms with E-state index in [4.69, 9.17) is 59.9 Å². The number of ketones is 2. The fourth-order valence-electron chi connectivity index (χ4n) is 19.3. The summed E-state index contributed by atoms with van der Waals surface area (Å²) >= 11 is 0. The minimum atomic E-state index is -2.49. The number of carbonyl (C=O) groups is 6. The maximum atomic E-state index is 14.9. The van der Waals surface area contributed by atoms with Gasteiger partial charge in [0.2, 0.25) is 17.7 Å². The van der Waals surface area contributed by atoms with Crippen LogP contribution in [0.15, 0.2) is 120 Å². The fourth-order valence-corrected chi connectivity index (χ4v) is 19.3. The number of esters is 1. The number of piperazine rings is 2. The van der Waals surface area contributed by atoms with Gasteiger partial charge >= 0.3 is 12.1 Å². The van der Waals surface area contributed by atoms with E-state index in [0.29, 0.717) is 159 Å². The molecule has 2 aromatic carbocycles. The Morgan fingerprint density at radius 3 is 2.11 bits per heavy atom. The van der Waals surface area contributed by atoms with E-state index < -0.39 is 114 Å². The third kappa shape index (κ3) is 23.7. The molecular formula is C95H129N19O17. The second-order valence-corrected chi connectivity index (χ2v) is 36.4. The highest BCUT2D eigenvalue weighted by molar-refractivity contribution is 6.39. The number of piperidine rings is 1. The summed E-state index contributed by atoms with van der Waals surface area (Å²) in [4.78, 5) is 129. The topological polar surface area (TPSA) is 458 Å². The zero-order valence-corrected chi connectivity index (χ0v) is 76.7. The number of aliphatic hydroxyl groups excluding tert-OH is 2. The third-order valence-corrected chi connectivity index (χ3v) is 27.2. The normalized spacial score (nSPS) is 28.8. The number of ether oxygens (including phenoxy) is 7. The van der Waals surface area contributed by atoms with Gasteiger partial charge in [0, 0.05) is 186 Å². The minimum Gasteiger partial charge on any atom is -0.459 e. The Labute approximate surface area is 764 Å². The lowest BCUT2D eigenvalue weighted by atomic mass is 9.80. The van der Waals surface area contributed by atoms with E-state index in [0.717, 1.165) is 87.7 Å². The Bertz CT molecular complexity index is 5230. The number of hydrogen-bond donors (Lipinski definition) is 7. The number of aromatic nitrogens is 9. The number of rotatable bonds is 21. The predicted octanol–water partition coefficient (Wildman–Crippen LogP) is 7.50. The number of aliphatic hydroxyl groups is 3. The molecule has 7 aromatic rings. The number of alkyl carbamates (subject to hydrolysis) is 1. The summed E-state index contributed by atoms with van der Waals surface area (Å²) in [5, 5.41) is 43.5. The van der Waals surface area contributed by atoms with E-state index in [1.807, 2.05) is 72.9 Å². The summed E-state index contributed by atoms with van der Waals surface area (Å²) in [6, 6.07) is 9.90. The van der Waals surface area contributed by atoms with Crippen LogP contribution in [0.2, 0.25) is 0 Å². The van der Waals surface area contributed by atoms with Crippen LogP contribution in [0.1, 0.15) is 151 Å². The van der Waals surface area contributed by atoms with Crippen LogP contribution in [0.5, 0.6) is 0 Å². The van der Waals surface area contributed by atoms with E-state index in [1.165, 1.54) is 23.9 Å². The number of nitrogens with two attached hydrogens (primary N) is 3. The SMILES string of the molecule is CO[C@H]1C[C@@H]2CC[C@@H](C)[C@@](O)(O2)C(=O)C(=O)N2CCCC[C@H]2C(=O)O[C@H]([C@H](N)C[C@@H]2CC[C@@H](OC(=O)NCc3cnc(N4CCN(CCOCCN5CCN(c6ncc(C(=O)N7CCc8cc(Cn9nc(-c%10ccc%11oc(N)nc%11c%10)c%10c(N)ncnc%109)ccc8C7)cn6)CC5)CC4)nc3)[C@H](OC)C2)C[C@@H](OC)[C@H](C)/C=C(\C)[C@@H](O)[C@@H](O)C(=O)[C@H](C)C[C@H](C)/C=C/C=C/C=C/1C. The van der Waals surface area contributed by atoms with Gasteiger partial charge in [-0.1, -0.05) is 82.4 Å². The molecule has 7 aliphatic rings. The quantitative estimate of drug-likeness (QED) is 0.0158. The lowest BCUT2D eigenvalue weighted by Gasteiger charge is -2.43. The molecule has 1 aliphatic carbocycles. The largest absolute Gasteiger partial charge is 0.459 e. The van der Waals surface area contributed by atoms with Gasteiger partial charge in [0.25, 0.3) is 23.6 Å². The van der Waals surface area contributed by atoms with E-state index in [1.54, 1.807) is 71.9 Å². The summed E-state index contributed by atoms with van der Waals surface area (Å²) in [7, 11) is 4.63. The average molecular weight is 1810 g/mol. The Hall–Kier alpha value is -10.6. The molecule has 0 spiro atoms. The van der Waals surface area contributed by atoms with Gasteiger partial charge in [-0.15, -0.1) is 0 Å². The average Bonchev–Trinajstić information content (AvgIpc) is 1.58. The van der Waals surface area contributed by atoms with Gasteiger partial charge in [0.15, 0.2) is 17.0 Å². The Morgan fingerprint density at radius 2 is 1.41 bits per heavy atom. The molecule has 1 saturated carbocycles. The van der Waals surface area contributed by atoms with Crippen molar-refractivity contribution in [3.05, 3.63) is 143 Å². The van der Waals surface area contributed by atoms with Gasteiger partial charge in [-0.05, 0) is 142 Å². The molecule has 36 nitrogen and oxygen atoms in total. The van der Waals surface area contributed by atoms with Crippen LogP contribution in [-0.2, 0) is 78.4 Å². The van der Waals surface area contributed by atoms with Crippen molar-refractivity contribution in [2.45, 2.75) is 211 Å². The Morgan fingerprint density at radius 1 is 0.702 bits per heavy atom. The molecule has 4 saturated heterocycles. The monoisotopic (exact) mass is 1810 g/mol. The third-order valence-electron chi connectivity index (χ3n) is 27.2. The number of nitrogen functional groups attached to an aromatic ring is 2. The summed E-state index contributed by atoms with van der Waals surface area (Å²) < 4.78 is 50.2. The van der Waals surface area contributed by atoms with Crippen molar-refractivity contribution < 1.29 is 81.7 Å². The van der Waals surface area contributed by atoms with Crippen LogP contribution >= 0.6 is 0 Å². The van der Waals surface area contributed by atoms with Gasteiger partial charge in [-0.25, -0.2) is 44.2 Å². The minimum absolute atomic E-state index is 0.0356. The van der Waals surface area contributed by atoms with Gasteiger partial charge in [-0.2, -0.15) is 10.1 Å². The fraction of sp³-hybridized carbons (Fsp3) is 0.579. The van der Waals surface area contributed by atoms with Crippen molar-refractivity contribution in [1.29, 1.82) is 0 Å². The number of nitrogens with one attached hydrogen (secondary N) is 1. The molecule has 706 valence electrons. The van der Waals surface area contributed by atoms with Crippen LogP contribution in [0.3, 0.4) is 0 Å². The number of anilines is 4. The number of nitrogens with zero attached hydrogens (tertiary/aromatic N) is 15. The van der Waals surface area contributed by atoms with Gasteiger partial charge in [0.05, 0.1) is 55.1 Å². The van der Waals surface area contributed by atoms with E-state index in [9.17, 15) is 44.1 Å². The summed E-state index contributed by atoms with van der Waals surface area (Å²) in [5.41, 5.74) is 28.2. The summed E-state index contributed by atoms with van der Waals surface area (Å²) in [6.45, 7) is 21.5. The van der Waals surface area contributed by atoms with Crippen LogP contribution in [0.4, 0.5) is 28.5 Å². The molecule has 36 heteroatoms. The molecule has 14 rings (SSSR count). The zero-order chi connectivity index (χ0) is 92.7. The number of methoxy groups -OCH3 is 3. The molecule has 10 N–H and O–H groups in total. The van der Waals surface area contributed by atoms with Gasteiger partial charge in [-0.3, -0.25) is 29.0 Å². The second-order valence-electron chi connectivity index (χ2n) is 36.4. The first-order chi connectivity index (χ1) is 63.1. The number of amides is 3. The van der Waals surface area contributed by atoms with Gasteiger partial charge < -0.3 is 95.0 Å². The zero-order valence-electron chi connectivity index (χ0n) is 76.7. The van der Waals surface area contributed by atoms with Crippen molar-refractivity contribution in [1.82, 2.24) is 69.6 Å². The molecule has 0 radical (unpaired) electrons. The van der Waals surface area contributed by atoms with Crippen molar-refractivity contribution >= 4 is 81.3 Å². The molecule has 5 fully saturated rings. The second kappa shape index (κ2) is 44.3. The maximum absolute atomic E-state index is 14.9. The molecule has 5 aromatic heterocycles. The summed E-state index contributed by atoms with van der Waals surface area (Å²) in [6.07, 6.45) is 16.7. The molecule has 16 atom stereocenters. The number of fused-ring (bicyclic) bond motifs is 6. The van der Waals surface area contributed by atoms with Crippen molar-refractivity contribution in [3.8, 4) is 11.3 Å². The van der Waals surface area contributed by atoms with Crippen LogP contribution in [0, 0.1) is 29.6 Å². The first kappa shape index (κ1) is 96.4. The summed E-state index contributed by atoms with van der Waals surface area (Å²) in [5.74, 6) is -6.59. The highest BCUT2D eigenvalue weighted by Crippen LogP contribution is 2.40. The highest BCUT2D eigenvalue weighted by atomic mass is 16.6. The lowest BCUT2D eigenvalue weighted by Crippen LogP contribution is -2.61. The van der Waals surface area contributed by atoms with E-state index in [2.05, 4.69) is 78.0 Å². The molecule has 11 heterocycles. The van der Waals surface area contributed by atoms with E-state index in [-0.39, 0.29) is 56.1 Å². The van der Waals surface area contributed by atoms with Crippen LogP contribution in [0.25, 0.3) is 33.4 Å². The number of oxazole rings is 1. The first-order valence-corrected chi connectivity index (χ1v) is 46.2. The number of benzene rings is 2. The highest BCUT2D eigenvalue weighted by Gasteiger charge is 2.53. The molecule has 6 aliphatic heterocycles. The number of Topliss-reactive ketones (excluding diaryl/α,β-unsaturated/α-hetero) is 2. The molecule has 2 bridgehead atoms. The number of cyclic esters (lactones) is 1. The predicted molar refractivity (Wildman–Crippen MR) is 489 cm³/mol. The molecule has 131 heavy (non-hydrogen) atoms. The number of allylic oxidation sites excluding steroid dienone is 5. The molecular weight excluding hydrogens is 1680 g/mol. The molecule has 0 unspecified atom stereocenters. The van der Waals surface area contributed by atoms with Crippen molar-refractivity contribution in [2.24, 2.45) is 35.3 Å². The molecule has 3 amide bonds. The first-order valence-electron chi connectivity index (χ1n) is 46.2. The Balaban J connectivity index is 0.501. The van der Waals surface area contributed by atoms with Gasteiger partial charge in [0.1, 0.15) is 53.8 Å². The van der Waals surface area contributed by atoms with Crippen molar-refractivity contribution in [3.63, 3.8) is 0 Å². The van der Waals surface area contributed by atoms with Crippen molar-refractivity contribution in [2.75, 3.05) is 134 Å². The number of hydrogen-bond acceptors (Lipinski definition) is 32. The van der Waals surface area contributed by atoms with Crippen LogP contribution in [-0.4, -0.2) is 295 Å². The Kier molecular flexibility index (Phi) is 32.6. The van der Waals surface area contributed by atoms with E-state index >= 15 is 0 Å². The smallest absolute Gasteiger partial charge is 0.407 e.